The van der Waals surface area contributed by atoms with E-state index < -0.39 is 0 Å². The quantitative estimate of drug-likeness (QED) is 0.770. The molecule has 0 saturated carbocycles. The molecule has 94 valence electrons. The number of hydrogen-bond donors (Lipinski definition) is 2. The number of nitrogens with two attached hydrogens (primary N) is 1. The van der Waals surface area contributed by atoms with Gasteiger partial charge in [0.15, 0.2) is 0 Å². The highest BCUT2D eigenvalue weighted by molar-refractivity contribution is 5.95. The van der Waals surface area contributed by atoms with Crippen LogP contribution in [-0.2, 0) is 0 Å². The molecule has 0 saturated heterocycles. The summed E-state index contributed by atoms with van der Waals surface area (Å²) in [6.45, 7) is 6.46. The second kappa shape index (κ2) is 6.13. The fourth-order valence-electron chi connectivity index (χ4n) is 1.36. The summed E-state index contributed by atoms with van der Waals surface area (Å²) < 4.78 is 5.48. The summed E-state index contributed by atoms with van der Waals surface area (Å²) in [4.78, 5) is 11.8. The van der Waals surface area contributed by atoms with E-state index in [1.165, 1.54) is 0 Å². The average molecular weight is 236 g/mol. The Kier molecular flexibility index (Phi) is 4.82. The number of nitrogen functional groups attached to an aromatic ring is 1. The monoisotopic (exact) mass is 236 g/mol. The number of carbonyl (C=O) groups excluding carboxylic acids is 1. The van der Waals surface area contributed by atoms with Crippen LogP contribution in [0.4, 0.5) is 5.69 Å². The molecule has 3 N–H and O–H groups in total. The third-order valence-corrected chi connectivity index (χ3v) is 2.16. The van der Waals surface area contributed by atoms with E-state index >= 15 is 0 Å². The van der Waals surface area contributed by atoms with Crippen molar-refractivity contribution in [2.75, 3.05) is 12.3 Å². The number of benzene rings is 1. The van der Waals surface area contributed by atoms with Gasteiger partial charge in [-0.3, -0.25) is 4.79 Å². The summed E-state index contributed by atoms with van der Waals surface area (Å²) in [5, 5.41) is 2.83. The molecule has 0 unspecified atom stereocenters. The van der Waals surface area contributed by atoms with Crippen LogP contribution in [-0.4, -0.2) is 18.6 Å². The van der Waals surface area contributed by atoms with Crippen molar-refractivity contribution in [1.82, 2.24) is 5.32 Å². The van der Waals surface area contributed by atoms with Crippen LogP contribution >= 0.6 is 0 Å². The van der Waals surface area contributed by atoms with Crippen LogP contribution in [0, 0.1) is 0 Å². The molecule has 17 heavy (non-hydrogen) atoms. The molecule has 0 heterocycles. The van der Waals surface area contributed by atoms with Gasteiger partial charge in [0.2, 0.25) is 0 Å². The van der Waals surface area contributed by atoms with Gasteiger partial charge in [0, 0.05) is 11.6 Å². The van der Waals surface area contributed by atoms with E-state index in [0.29, 0.717) is 23.6 Å². The first-order valence-corrected chi connectivity index (χ1v) is 5.87. The van der Waals surface area contributed by atoms with E-state index in [1.807, 2.05) is 20.8 Å². The molecular formula is C13H20N2O2. The van der Waals surface area contributed by atoms with Crippen LogP contribution in [0.1, 0.15) is 37.6 Å². The molecule has 0 fully saturated rings. The van der Waals surface area contributed by atoms with Crippen LogP contribution in [0.5, 0.6) is 5.75 Å². The Morgan fingerprint density at radius 2 is 2.18 bits per heavy atom. The number of amides is 1. The Balaban J connectivity index is 2.84. The maximum atomic E-state index is 11.8. The maximum absolute atomic E-state index is 11.8. The van der Waals surface area contributed by atoms with Crippen molar-refractivity contribution in [3.05, 3.63) is 23.8 Å². The molecule has 1 rings (SSSR count). The molecule has 1 aromatic carbocycles. The van der Waals surface area contributed by atoms with Crippen LogP contribution in [0.25, 0.3) is 0 Å². The largest absolute Gasteiger partial charge is 0.491 e. The molecule has 0 aliphatic heterocycles. The van der Waals surface area contributed by atoms with E-state index in [1.54, 1.807) is 18.2 Å². The van der Waals surface area contributed by atoms with Gasteiger partial charge in [-0.15, -0.1) is 0 Å². The first kappa shape index (κ1) is 13.4. The van der Waals surface area contributed by atoms with E-state index in [-0.39, 0.29) is 11.9 Å². The summed E-state index contributed by atoms with van der Waals surface area (Å²) in [7, 11) is 0. The van der Waals surface area contributed by atoms with Crippen molar-refractivity contribution in [2.45, 2.75) is 33.2 Å². The second-order valence-corrected chi connectivity index (χ2v) is 4.23. The van der Waals surface area contributed by atoms with E-state index in [9.17, 15) is 4.79 Å². The summed E-state index contributed by atoms with van der Waals surface area (Å²) in [5.74, 6) is 0.463. The predicted octanol–water partition coefficient (Wildman–Crippen LogP) is 2.20. The van der Waals surface area contributed by atoms with Crippen molar-refractivity contribution in [3.8, 4) is 5.75 Å². The van der Waals surface area contributed by atoms with E-state index in [0.717, 1.165) is 6.42 Å². The summed E-state index contributed by atoms with van der Waals surface area (Å²) in [6.07, 6.45) is 0.905. The number of ether oxygens (including phenoxy) is 1. The van der Waals surface area contributed by atoms with Gasteiger partial charge >= 0.3 is 0 Å². The van der Waals surface area contributed by atoms with Crippen molar-refractivity contribution < 1.29 is 9.53 Å². The second-order valence-electron chi connectivity index (χ2n) is 4.23. The third kappa shape index (κ3) is 3.98. The highest BCUT2D eigenvalue weighted by Gasteiger charge is 2.09. The fourth-order valence-corrected chi connectivity index (χ4v) is 1.36. The Labute approximate surface area is 102 Å². The number of nitrogens with one attached hydrogen (secondary N) is 1. The Bertz CT molecular complexity index is 389. The minimum Gasteiger partial charge on any atom is -0.491 e. The number of rotatable bonds is 5. The first-order valence-electron chi connectivity index (χ1n) is 5.87. The van der Waals surface area contributed by atoms with E-state index in [4.69, 9.17) is 10.5 Å². The lowest BCUT2D eigenvalue weighted by Crippen LogP contribution is -2.30. The molecule has 1 aromatic rings. The molecule has 1 amide bonds. The summed E-state index contributed by atoms with van der Waals surface area (Å²) >= 11 is 0. The zero-order valence-corrected chi connectivity index (χ0v) is 10.6. The molecular weight excluding hydrogens is 216 g/mol. The molecule has 0 radical (unpaired) electrons. The van der Waals surface area contributed by atoms with Gasteiger partial charge in [-0.05, 0) is 38.5 Å². The average Bonchev–Trinajstić information content (AvgIpc) is 2.27. The lowest BCUT2D eigenvalue weighted by Gasteiger charge is -2.11. The molecule has 0 bridgehead atoms. The van der Waals surface area contributed by atoms with Crippen molar-refractivity contribution in [3.63, 3.8) is 0 Å². The van der Waals surface area contributed by atoms with Crippen molar-refractivity contribution in [2.24, 2.45) is 0 Å². The topological polar surface area (TPSA) is 64.3 Å². The highest BCUT2D eigenvalue weighted by atomic mass is 16.5. The molecule has 0 aromatic heterocycles. The van der Waals surface area contributed by atoms with Gasteiger partial charge in [-0.2, -0.15) is 0 Å². The summed E-state index contributed by atoms with van der Waals surface area (Å²) in [6, 6.07) is 5.19. The third-order valence-electron chi connectivity index (χ3n) is 2.16. The standard InChI is InChI=1S/C13H20N2O2/c1-4-7-17-12-8-10(5-6-11(12)14)13(16)15-9(2)3/h5-6,8-9H,4,7,14H2,1-3H3,(H,15,16). The molecule has 0 atom stereocenters. The maximum Gasteiger partial charge on any atom is 0.251 e. The fraction of sp³-hybridized carbons (Fsp3) is 0.462. The van der Waals surface area contributed by atoms with Gasteiger partial charge in [-0.25, -0.2) is 0 Å². The predicted molar refractivity (Wildman–Crippen MR) is 69.2 cm³/mol. The minimum absolute atomic E-state index is 0.110. The van der Waals surface area contributed by atoms with Crippen LogP contribution < -0.4 is 15.8 Å². The van der Waals surface area contributed by atoms with Crippen molar-refractivity contribution in [1.29, 1.82) is 0 Å². The zero-order valence-electron chi connectivity index (χ0n) is 10.6. The van der Waals surface area contributed by atoms with Gasteiger partial charge in [-0.1, -0.05) is 6.92 Å². The van der Waals surface area contributed by atoms with Gasteiger partial charge < -0.3 is 15.8 Å². The number of hydrogen-bond acceptors (Lipinski definition) is 3. The molecule has 4 heteroatoms. The summed E-state index contributed by atoms with van der Waals surface area (Å²) in [5.41, 5.74) is 6.90. The lowest BCUT2D eigenvalue weighted by atomic mass is 10.1. The minimum atomic E-state index is -0.110. The highest BCUT2D eigenvalue weighted by Crippen LogP contribution is 2.22. The van der Waals surface area contributed by atoms with Crippen LogP contribution in [0.3, 0.4) is 0 Å². The lowest BCUT2D eigenvalue weighted by molar-refractivity contribution is 0.0942. The molecule has 0 aliphatic rings. The van der Waals surface area contributed by atoms with Crippen molar-refractivity contribution >= 4 is 11.6 Å². The molecule has 4 nitrogen and oxygen atoms in total. The normalized spacial score (nSPS) is 10.4. The Morgan fingerprint density at radius 3 is 2.76 bits per heavy atom. The Hall–Kier alpha value is -1.71. The Morgan fingerprint density at radius 1 is 1.47 bits per heavy atom. The van der Waals surface area contributed by atoms with Gasteiger partial charge in [0.05, 0.1) is 12.3 Å². The zero-order chi connectivity index (χ0) is 12.8. The van der Waals surface area contributed by atoms with E-state index in [2.05, 4.69) is 5.32 Å². The van der Waals surface area contributed by atoms with Gasteiger partial charge in [0.1, 0.15) is 5.75 Å². The molecule has 0 aliphatic carbocycles. The number of carbonyl (C=O) groups is 1. The van der Waals surface area contributed by atoms with Gasteiger partial charge in [0.25, 0.3) is 5.91 Å². The SMILES string of the molecule is CCCOc1cc(C(=O)NC(C)C)ccc1N. The smallest absolute Gasteiger partial charge is 0.251 e. The van der Waals surface area contributed by atoms with Crippen LogP contribution in [0.15, 0.2) is 18.2 Å². The van der Waals surface area contributed by atoms with Crippen LogP contribution in [0.2, 0.25) is 0 Å². The number of anilines is 1. The molecule has 0 spiro atoms. The first-order chi connectivity index (χ1) is 8.04.